The predicted octanol–water partition coefficient (Wildman–Crippen LogP) is 2.58. The molecule has 0 atom stereocenters. The van der Waals surface area contributed by atoms with Crippen LogP contribution in [-0.2, 0) is 4.79 Å². The minimum atomic E-state index is -0.988. The van der Waals surface area contributed by atoms with E-state index in [4.69, 9.17) is 14.6 Å². The Morgan fingerprint density at radius 3 is 2.82 bits per heavy atom. The van der Waals surface area contributed by atoms with E-state index in [-0.39, 0.29) is 0 Å². The van der Waals surface area contributed by atoms with Gasteiger partial charge < -0.3 is 14.6 Å². The van der Waals surface area contributed by atoms with Crippen LogP contribution in [0.25, 0.3) is 6.08 Å². The van der Waals surface area contributed by atoms with Crippen molar-refractivity contribution in [1.29, 1.82) is 0 Å². The van der Waals surface area contributed by atoms with Crippen LogP contribution in [0.1, 0.15) is 18.9 Å². The van der Waals surface area contributed by atoms with Crippen molar-refractivity contribution in [2.75, 3.05) is 13.7 Å². The topological polar surface area (TPSA) is 55.8 Å². The number of aliphatic carboxylic acids is 1. The van der Waals surface area contributed by atoms with Crippen molar-refractivity contribution in [3.05, 3.63) is 29.8 Å². The molecule has 1 rings (SSSR count). The van der Waals surface area contributed by atoms with E-state index in [0.29, 0.717) is 17.9 Å². The minimum absolute atomic E-state index is 0.594. The molecule has 0 fully saturated rings. The molecule has 0 aliphatic heterocycles. The van der Waals surface area contributed by atoms with Gasteiger partial charge in [-0.25, -0.2) is 4.79 Å². The van der Waals surface area contributed by atoms with Gasteiger partial charge in [0.15, 0.2) is 0 Å². The van der Waals surface area contributed by atoms with Gasteiger partial charge in [0.25, 0.3) is 0 Å². The standard InChI is InChI=1S/C13H16O4/c1-3-8-17-11-6-4-10(5-7-13(14)15)12(9-11)16-2/h4-7,9H,3,8H2,1-2H3,(H,14,15)/b7-5+. The quantitative estimate of drug-likeness (QED) is 0.771. The van der Waals surface area contributed by atoms with Gasteiger partial charge in [0, 0.05) is 17.7 Å². The number of carboxylic acids is 1. The lowest BCUT2D eigenvalue weighted by molar-refractivity contribution is -0.131. The highest BCUT2D eigenvalue weighted by molar-refractivity contribution is 5.86. The summed E-state index contributed by atoms with van der Waals surface area (Å²) in [7, 11) is 1.54. The zero-order valence-corrected chi connectivity index (χ0v) is 9.97. The van der Waals surface area contributed by atoms with E-state index in [9.17, 15) is 4.79 Å². The fourth-order valence-corrected chi connectivity index (χ4v) is 1.30. The van der Waals surface area contributed by atoms with Gasteiger partial charge in [-0.2, -0.15) is 0 Å². The van der Waals surface area contributed by atoms with Crippen molar-refractivity contribution < 1.29 is 19.4 Å². The smallest absolute Gasteiger partial charge is 0.328 e. The molecule has 1 aromatic rings. The number of hydrogen-bond acceptors (Lipinski definition) is 3. The molecule has 92 valence electrons. The number of carbonyl (C=O) groups is 1. The van der Waals surface area contributed by atoms with Gasteiger partial charge in [-0.1, -0.05) is 6.92 Å². The second-order valence-corrected chi connectivity index (χ2v) is 3.42. The van der Waals surface area contributed by atoms with Crippen molar-refractivity contribution in [3.63, 3.8) is 0 Å². The van der Waals surface area contributed by atoms with Crippen LogP contribution in [-0.4, -0.2) is 24.8 Å². The van der Waals surface area contributed by atoms with Crippen LogP contribution in [0.2, 0.25) is 0 Å². The molecule has 1 aromatic carbocycles. The molecule has 0 amide bonds. The minimum Gasteiger partial charge on any atom is -0.496 e. The van der Waals surface area contributed by atoms with Crippen LogP contribution in [0.15, 0.2) is 24.3 Å². The van der Waals surface area contributed by atoms with Crippen molar-refractivity contribution in [3.8, 4) is 11.5 Å². The Balaban J connectivity index is 2.89. The molecule has 17 heavy (non-hydrogen) atoms. The van der Waals surface area contributed by atoms with Gasteiger partial charge in [-0.15, -0.1) is 0 Å². The summed E-state index contributed by atoms with van der Waals surface area (Å²) >= 11 is 0. The van der Waals surface area contributed by atoms with Crippen LogP contribution in [0, 0.1) is 0 Å². The van der Waals surface area contributed by atoms with Gasteiger partial charge >= 0.3 is 5.97 Å². The number of hydrogen-bond donors (Lipinski definition) is 1. The lowest BCUT2D eigenvalue weighted by Gasteiger charge is -2.09. The summed E-state index contributed by atoms with van der Waals surface area (Å²) in [4.78, 5) is 10.4. The van der Waals surface area contributed by atoms with E-state index in [2.05, 4.69) is 0 Å². The Hall–Kier alpha value is -1.97. The maximum Gasteiger partial charge on any atom is 0.328 e. The number of benzene rings is 1. The summed E-state index contributed by atoms with van der Waals surface area (Å²) in [6.07, 6.45) is 3.50. The Bertz CT molecular complexity index is 410. The Morgan fingerprint density at radius 2 is 2.24 bits per heavy atom. The highest BCUT2D eigenvalue weighted by Gasteiger charge is 2.03. The molecule has 0 radical (unpaired) electrons. The van der Waals surface area contributed by atoms with E-state index >= 15 is 0 Å². The molecule has 0 saturated carbocycles. The molecule has 0 bridgehead atoms. The Labute approximate surface area is 100 Å². The number of ether oxygens (including phenoxy) is 2. The number of methoxy groups -OCH3 is 1. The largest absolute Gasteiger partial charge is 0.496 e. The summed E-state index contributed by atoms with van der Waals surface area (Å²) in [6.45, 7) is 2.68. The lowest BCUT2D eigenvalue weighted by atomic mass is 10.1. The molecule has 0 heterocycles. The third-order valence-electron chi connectivity index (χ3n) is 2.08. The zero-order chi connectivity index (χ0) is 12.7. The monoisotopic (exact) mass is 236 g/mol. The molecular formula is C13H16O4. The van der Waals surface area contributed by atoms with Gasteiger partial charge in [0.1, 0.15) is 11.5 Å². The Morgan fingerprint density at radius 1 is 1.47 bits per heavy atom. The maximum atomic E-state index is 10.4. The number of rotatable bonds is 6. The van der Waals surface area contributed by atoms with Gasteiger partial charge in [0.2, 0.25) is 0 Å². The molecule has 1 N–H and O–H groups in total. The molecule has 0 spiro atoms. The van der Waals surface area contributed by atoms with Crippen LogP contribution in [0.3, 0.4) is 0 Å². The highest BCUT2D eigenvalue weighted by Crippen LogP contribution is 2.25. The van der Waals surface area contributed by atoms with E-state index in [1.807, 2.05) is 6.92 Å². The van der Waals surface area contributed by atoms with E-state index < -0.39 is 5.97 Å². The number of carboxylic acid groups (broad SMARTS) is 1. The molecule has 0 aliphatic rings. The average molecular weight is 236 g/mol. The molecule has 4 heteroatoms. The molecule has 0 aliphatic carbocycles. The fourth-order valence-electron chi connectivity index (χ4n) is 1.30. The van der Waals surface area contributed by atoms with Crippen molar-refractivity contribution in [2.24, 2.45) is 0 Å². The molecule has 0 saturated heterocycles. The van der Waals surface area contributed by atoms with E-state index in [0.717, 1.165) is 18.2 Å². The normalized spacial score (nSPS) is 10.5. The van der Waals surface area contributed by atoms with E-state index in [1.54, 1.807) is 18.2 Å². The molecular weight excluding hydrogens is 220 g/mol. The first-order valence-electron chi connectivity index (χ1n) is 5.39. The first-order valence-corrected chi connectivity index (χ1v) is 5.39. The molecule has 0 aromatic heterocycles. The highest BCUT2D eigenvalue weighted by atomic mass is 16.5. The SMILES string of the molecule is CCCOc1ccc(/C=C/C(=O)O)c(OC)c1. The predicted molar refractivity (Wildman–Crippen MR) is 65.4 cm³/mol. The van der Waals surface area contributed by atoms with Gasteiger partial charge in [-0.05, 0) is 24.6 Å². The van der Waals surface area contributed by atoms with Crippen molar-refractivity contribution in [1.82, 2.24) is 0 Å². The van der Waals surface area contributed by atoms with Gasteiger partial charge in [0.05, 0.1) is 13.7 Å². The summed E-state index contributed by atoms with van der Waals surface area (Å²) < 4.78 is 10.6. The first kappa shape index (κ1) is 13.1. The molecule has 4 nitrogen and oxygen atoms in total. The summed E-state index contributed by atoms with van der Waals surface area (Å²) in [5.41, 5.74) is 0.707. The zero-order valence-electron chi connectivity index (χ0n) is 9.97. The fraction of sp³-hybridized carbons (Fsp3) is 0.308. The third-order valence-corrected chi connectivity index (χ3v) is 2.08. The Kier molecular flexibility index (Phi) is 5.07. The van der Waals surface area contributed by atoms with Crippen LogP contribution < -0.4 is 9.47 Å². The van der Waals surface area contributed by atoms with E-state index in [1.165, 1.54) is 13.2 Å². The summed E-state index contributed by atoms with van der Waals surface area (Å²) in [6, 6.07) is 5.31. The van der Waals surface area contributed by atoms with Crippen LogP contribution in [0.5, 0.6) is 11.5 Å². The van der Waals surface area contributed by atoms with Crippen molar-refractivity contribution in [2.45, 2.75) is 13.3 Å². The summed E-state index contributed by atoms with van der Waals surface area (Å²) in [5, 5.41) is 8.56. The second-order valence-electron chi connectivity index (χ2n) is 3.42. The summed E-state index contributed by atoms with van der Waals surface area (Å²) in [5.74, 6) is 0.325. The lowest BCUT2D eigenvalue weighted by Crippen LogP contribution is -1.96. The van der Waals surface area contributed by atoms with Gasteiger partial charge in [-0.3, -0.25) is 0 Å². The third kappa shape index (κ3) is 4.18. The first-order chi connectivity index (χ1) is 8.17. The molecule has 0 unspecified atom stereocenters. The van der Waals surface area contributed by atoms with Crippen LogP contribution >= 0.6 is 0 Å². The van der Waals surface area contributed by atoms with Crippen LogP contribution in [0.4, 0.5) is 0 Å². The maximum absolute atomic E-state index is 10.4. The average Bonchev–Trinajstić information content (AvgIpc) is 2.34. The second kappa shape index (κ2) is 6.58. The van der Waals surface area contributed by atoms with Crippen molar-refractivity contribution >= 4 is 12.0 Å².